The lowest BCUT2D eigenvalue weighted by molar-refractivity contribution is 0.0177. The molecule has 2 unspecified atom stereocenters. The van der Waals surface area contributed by atoms with Gasteiger partial charge in [0.15, 0.2) is 5.96 Å². The van der Waals surface area contributed by atoms with E-state index in [0.29, 0.717) is 12.1 Å². The Morgan fingerprint density at radius 2 is 1.93 bits per heavy atom. The summed E-state index contributed by atoms with van der Waals surface area (Å²) in [6, 6.07) is 7.47. The van der Waals surface area contributed by atoms with Crippen molar-refractivity contribution in [2.24, 2.45) is 4.99 Å². The normalized spacial score (nSPS) is 20.5. The third-order valence-electron chi connectivity index (χ3n) is 6.07. The number of guanidine groups is 1. The first-order chi connectivity index (χ1) is 14.7. The zero-order valence-corrected chi connectivity index (χ0v) is 19.6. The van der Waals surface area contributed by atoms with Gasteiger partial charge in [-0.2, -0.15) is 0 Å². The summed E-state index contributed by atoms with van der Waals surface area (Å²) in [6.07, 6.45) is 1.17. The lowest BCUT2D eigenvalue weighted by atomic mass is 10.1. The van der Waals surface area contributed by atoms with Crippen LogP contribution < -0.4 is 10.6 Å². The Bertz CT molecular complexity index is 800. The van der Waals surface area contributed by atoms with Gasteiger partial charge in [0, 0.05) is 62.1 Å². The van der Waals surface area contributed by atoms with Gasteiger partial charge in [-0.15, -0.1) is 22.7 Å². The van der Waals surface area contributed by atoms with E-state index in [1.165, 1.54) is 16.9 Å². The quantitative estimate of drug-likeness (QED) is 0.505. The van der Waals surface area contributed by atoms with Crippen molar-refractivity contribution in [3.63, 3.8) is 0 Å². The highest BCUT2D eigenvalue weighted by Crippen LogP contribution is 2.26. The van der Waals surface area contributed by atoms with Gasteiger partial charge >= 0.3 is 0 Å². The molecule has 0 amide bonds. The van der Waals surface area contributed by atoms with E-state index in [9.17, 15) is 0 Å². The number of aliphatic imine (C=N–C) groups is 1. The Hall–Kier alpha value is -1.45. The summed E-state index contributed by atoms with van der Waals surface area (Å²) in [5.41, 5.74) is 1.50. The molecule has 164 valence electrons. The minimum absolute atomic E-state index is 0.351. The monoisotopic (exact) mass is 447 g/mol. The fraction of sp³-hybridized carbons (Fsp3) is 0.591. The van der Waals surface area contributed by atoms with Crippen molar-refractivity contribution in [2.45, 2.75) is 32.0 Å². The average molecular weight is 448 g/mol. The number of ether oxygens (including phenoxy) is 1. The molecule has 30 heavy (non-hydrogen) atoms. The number of nitrogens with one attached hydrogen (secondary N) is 2. The van der Waals surface area contributed by atoms with Gasteiger partial charge in [-0.3, -0.25) is 14.8 Å². The first kappa shape index (κ1) is 21.8. The number of nitrogens with zero attached hydrogens (tertiary/aromatic N) is 3. The second kappa shape index (κ2) is 10.7. The van der Waals surface area contributed by atoms with Crippen LogP contribution >= 0.6 is 22.7 Å². The number of morpholine rings is 1. The van der Waals surface area contributed by atoms with Crippen LogP contribution in [0.15, 0.2) is 34.0 Å². The molecule has 0 radical (unpaired) electrons. The molecule has 0 aliphatic carbocycles. The van der Waals surface area contributed by atoms with E-state index in [-0.39, 0.29) is 0 Å². The van der Waals surface area contributed by atoms with Crippen molar-refractivity contribution >= 4 is 28.6 Å². The molecule has 0 aromatic carbocycles. The number of fused-ring (bicyclic) bond motifs is 1. The smallest absolute Gasteiger partial charge is 0.191 e. The van der Waals surface area contributed by atoms with Gasteiger partial charge in [0.1, 0.15) is 0 Å². The van der Waals surface area contributed by atoms with E-state index in [0.717, 1.165) is 58.4 Å². The third-order valence-corrected chi connectivity index (χ3v) is 8.07. The molecule has 2 aromatic heterocycles. The Kier molecular flexibility index (Phi) is 7.78. The summed E-state index contributed by atoms with van der Waals surface area (Å²) in [4.78, 5) is 12.5. The molecular formula is C22H33N5OS2. The van der Waals surface area contributed by atoms with Gasteiger partial charge in [-0.1, -0.05) is 6.07 Å². The van der Waals surface area contributed by atoms with Crippen LogP contribution in [0.1, 0.15) is 28.3 Å². The van der Waals surface area contributed by atoms with Crippen molar-refractivity contribution in [2.75, 3.05) is 53.0 Å². The van der Waals surface area contributed by atoms with Crippen LogP contribution in [0.5, 0.6) is 0 Å². The third kappa shape index (κ3) is 5.42. The van der Waals surface area contributed by atoms with Gasteiger partial charge in [0.2, 0.25) is 0 Å². The summed E-state index contributed by atoms with van der Waals surface area (Å²) in [5, 5.41) is 11.5. The molecule has 1 saturated heterocycles. The second-order valence-electron chi connectivity index (χ2n) is 7.95. The van der Waals surface area contributed by atoms with Crippen LogP contribution in [0.2, 0.25) is 0 Å². The number of hydrogen-bond acceptors (Lipinski definition) is 6. The van der Waals surface area contributed by atoms with Crippen molar-refractivity contribution < 1.29 is 4.74 Å². The lowest BCUT2D eigenvalue weighted by Crippen LogP contribution is -2.49. The van der Waals surface area contributed by atoms with Crippen LogP contribution in [0.4, 0.5) is 0 Å². The van der Waals surface area contributed by atoms with Crippen LogP contribution in [-0.2, 0) is 17.7 Å². The first-order valence-electron chi connectivity index (χ1n) is 10.8. The Balaban J connectivity index is 1.28. The number of thiophene rings is 2. The fourth-order valence-electron chi connectivity index (χ4n) is 4.21. The number of hydrogen-bond donors (Lipinski definition) is 2. The first-order valence-corrected chi connectivity index (χ1v) is 12.6. The fourth-order valence-corrected chi connectivity index (χ4v) is 5.96. The van der Waals surface area contributed by atoms with Crippen molar-refractivity contribution in [1.29, 1.82) is 0 Å². The molecule has 2 N–H and O–H groups in total. The molecular weight excluding hydrogens is 414 g/mol. The molecule has 0 spiro atoms. The second-order valence-corrected chi connectivity index (χ2v) is 9.93. The zero-order valence-electron chi connectivity index (χ0n) is 18.0. The largest absolute Gasteiger partial charge is 0.379 e. The molecule has 2 atom stereocenters. The standard InChI is InChI=1S/C22H33N5OS2/c1-17(27-7-5-20-18(16-27)6-13-30-20)14-24-22(23-2)25-15-19(21-4-3-12-29-21)26-8-10-28-11-9-26/h3-4,6,12-13,17,19H,5,7-11,14-16H2,1-2H3,(H2,23,24,25). The van der Waals surface area contributed by atoms with Crippen molar-refractivity contribution in [1.82, 2.24) is 20.4 Å². The molecule has 2 aromatic rings. The average Bonchev–Trinajstić information content (AvgIpc) is 3.48. The van der Waals surface area contributed by atoms with Gasteiger partial charge in [0.25, 0.3) is 0 Å². The Morgan fingerprint density at radius 1 is 1.10 bits per heavy atom. The molecule has 8 heteroatoms. The maximum Gasteiger partial charge on any atom is 0.191 e. The van der Waals surface area contributed by atoms with Gasteiger partial charge in [-0.25, -0.2) is 0 Å². The zero-order chi connectivity index (χ0) is 20.8. The highest BCUT2D eigenvalue weighted by atomic mass is 32.1. The number of rotatable bonds is 7. The predicted octanol–water partition coefficient (Wildman–Crippen LogP) is 2.79. The van der Waals surface area contributed by atoms with Gasteiger partial charge in [0.05, 0.1) is 19.3 Å². The van der Waals surface area contributed by atoms with E-state index in [1.54, 1.807) is 4.88 Å². The molecule has 6 nitrogen and oxygen atoms in total. The maximum atomic E-state index is 5.55. The van der Waals surface area contributed by atoms with Gasteiger partial charge < -0.3 is 15.4 Å². The van der Waals surface area contributed by atoms with Crippen molar-refractivity contribution in [3.8, 4) is 0 Å². The predicted molar refractivity (Wildman–Crippen MR) is 127 cm³/mol. The van der Waals surface area contributed by atoms with Crippen LogP contribution in [0.3, 0.4) is 0 Å². The highest BCUT2D eigenvalue weighted by Gasteiger charge is 2.24. The minimum atomic E-state index is 0.351. The lowest BCUT2D eigenvalue weighted by Gasteiger charge is -2.35. The molecule has 0 saturated carbocycles. The molecule has 2 aliphatic rings. The summed E-state index contributed by atoms with van der Waals surface area (Å²) < 4.78 is 5.55. The van der Waals surface area contributed by atoms with E-state index >= 15 is 0 Å². The summed E-state index contributed by atoms with van der Waals surface area (Å²) >= 11 is 3.73. The Morgan fingerprint density at radius 3 is 2.70 bits per heavy atom. The Labute approximate surface area is 187 Å². The summed E-state index contributed by atoms with van der Waals surface area (Å²) in [7, 11) is 1.85. The highest BCUT2D eigenvalue weighted by molar-refractivity contribution is 7.10. The molecule has 2 aliphatic heterocycles. The maximum absolute atomic E-state index is 5.55. The molecule has 0 bridgehead atoms. The SMILES string of the molecule is CN=C(NCC(C)N1CCc2sccc2C1)NCC(c1cccs1)N1CCOCC1. The van der Waals surface area contributed by atoms with Crippen LogP contribution in [0.25, 0.3) is 0 Å². The van der Waals surface area contributed by atoms with Crippen LogP contribution in [-0.4, -0.2) is 74.8 Å². The van der Waals surface area contributed by atoms with Crippen LogP contribution in [0, 0.1) is 0 Å². The van der Waals surface area contributed by atoms with E-state index in [4.69, 9.17) is 4.74 Å². The summed E-state index contributed by atoms with van der Waals surface area (Å²) in [5.74, 6) is 0.880. The topological polar surface area (TPSA) is 52.1 Å². The van der Waals surface area contributed by atoms with E-state index in [2.05, 4.69) is 61.3 Å². The minimum Gasteiger partial charge on any atom is -0.379 e. The summed E-state index contributed by atoms with van der Waals surface area (Å²) in [6.45, 7) is 9.82. The molecule has 4 heterocycles. The molecule has 1 fully saturated rings. The van der Waals surface area contributed by atoms with E-state index in [1.807, 2.05) is 29.7 Å². The molecule has 4 rings (SSSR count). The van der Waals surface area contributed by atoms with Gasteiger partial charge in [-0.05, 0) is 41.8 Å². The van der Waals surface area contributed by atoms with Crippen molar-refractivity contribution in [3.05, 3.63) is 44.3 Å². The van der Waals surface area contributed by atoms with E-state index < -0.39 is 0 Å².